The molecule has 2 aromatic carbocycles. The largest absolute Gasteiger partial charge is 0.295 e. The third-order valence-electron chi connectivity index (χ3n) is 5.19. The Hall–Kier alpha value is -2.88. The smallest absolute Gasteiger partial charge is 0.280 e. The average Bonchev–Trinajstić information content (AvgIpc) is 3.11. The van der Waals surface area contributed by atoms with Crippen LogP contribution in [0.5, 0.6) is 0 Å². The number of carbonyl (C=O) groups excluding carboxylic acids is 1. The maximum atomic E-state index is 13.3. The van der Waals surface area contributed by atoms with Crippen molar-refractivity contribution in [3.63, 3.8) is 0 Å². The first-order chi connectivity index (χ1) is 13.0. The van der Waals surface area contributed by atoms with E-state index in [1.165, 1.54) is 5.56 Å². The average molecular weight is 359 g/mol. The van der Waals surface area contributed by atoms with Crippen molar-refractivity contribution in [3.8, 4) is 0 Å². The minimum atomic E-state index is -0.141. The zero-order chi connectivity index (χ0) is 19.1. The molecule has 1 amide bonds. The van der Waals surface area contributed by atoms with Gasteiger partial charge in [-0.15, -0.1) is 0 Å². The first-order valence-corrected chi connectivity index (χ1v) is 9.48. The summed E-state index contributed by atoms with van der Waals surface area (Å²) in [7, 11) is 1.95. The van der Waals surface area contributed by atoms with E-state index in [9.17, 15) is 4.79 Å². The predicted molar refractivity (Wildman–Crippen MR) is 108 cm³/mol. The third-order valence-corrected chi connectivity index (χ3v) is 5.19. The van der Waals surface area contributed by atoms with Gasteiger partial charge in [0.05, 0.1) is 6.04 Å². The number of hydrogen-bond donors (Lipinski definition) is 0. The Morgan fingerprint density at radius 2 is 1.70 bits per heavy atom. The quantitative estimate of drug-likeness (QED) is 0.678. The number of benzene rings is 2. The number of anilines is 1. The van der Waals surface area contributed by atoms with Crippen molar-refractivity contribution < 1.29 is 4.79 Å². The summed E-state index contributed by atoms with van der Waals surface area (Å²) in [5, 5.41) is 4.62. The lowest BCUT2D eigenvalue weighted by atomic mass is 9.94. The van der Waals surface area contributed by atoms with E-state index in [1.807, 2.05) is 47.0 Å². The Bertz CT molecular complexity index is 971. The van der Waals surface area contributed by atoms with Crippen molar-refractivity contribution in [2.45, 2.75) is 33.2 Å². The van der Waals surface area contributed by atoms with Crippen LogP contribution in [0.2, 0.25) is 0 Å². The molecule has 4 nitrogen and oxygen atoms in total. The topological polar surface area (TPSA) is 38.1 Å². The second-order valence-electron chi connectivity index (χ2n) is 7.75. The predicted octanol–water partition coefficient (Wildman–Crippen LogP) is 4.68. The lowest BCUT2D eigenvalue weighted by Crippen LogP contribution is -2.30. The van der Waals surface area contributed by atoms with Crippen molar-refractivity contribution in [3.05, 3.63) is 82.7 Å². The van der Waals surface area contributed by atoms with Crippen molar-refractivity contribution in [2.75, 3.05) is 4.90 Å². The monoisotopic (exact) mass is 359 g/mol. The number of hydrogen-bond acceptors (Lipinski definition) is 2. The number of rotatable bonds is 4. The van der Waals surface area contributed by atoms with Gasteiger partial charge in [0.25, 0.3) is 5.91 Å². The summed E-state index contributed by atoms with van der Waals surface area (Å²) < 4.78 is 1.89. The van der Waals surface area contributed by atoms with Crippen LogP contribution in [0.15, 0.2) is 54.6 Å². The molecular weight excluding hydrogens is 334 g/mol. The fourth-order valence-corrected chi connectivity index (χ4v) is 3.93. The number of aryl methyl sites for hydroxylation is 2. The van der Waals surface area contributed by atoms with E-state index >= 15 is 0 Å². The van der Waals surface area contributed by atoms with Crippen molar-refractivity contribution in [1.29, 1.82) is 0 Å². The minimum absolute atomic E-state index is 0.0209. The number of amides is 1. The Labute approximate surface area is 160 Å². The normalized spacial score (nSPS) is 16.3. The Morgan fingerprint density at radius 1 is 1.04 bits per heavy atom. The van der Waals surface area contributed by atoms with Crippen molar-refractivity contribution >= 4 is 11.6 Å². The molecule has 0 saturated carbocycles. The van der Waals surface area contributed by atoms with Gasteiger partial charge in [-0.05, 0) is 37.0 Å². The highest BCUT2D eigenvalue weighted by molar-refractivity contribution is 6.10. The van der Waals surface area contributed by atoms with E-state index < -0.39 is 0 Å². The van der Waals surface area contributed by atoms with Gasteiger partial charge < -0.3 is 0 Å². The molecule has 2 heterocycles. The molecule has 1 atom stereocenters. The van der Waals surface area contributed by atoms with Crippen molar-refractivity contribution in [2.24, 2.45) is 13.0 Å². The molecule has 0 fully saturated rings. The highest BCUT2D eigenvalue weighted by Gasteiger charge is 2.43. The molecule has 0 bridgehead atoms. The number of nitrogens with zero attached hydrogens (tertiary/aromatic N) is 3. The molecule has 0 saturated heterocycles. The van der Waals surface area contributed by atoms with Crippen LogP contribution in [0.3, 0.4) is 0 Å². The van der Waals surface area contributed by atoms with Gasteiger partial charge in [-0.25, -0.2) is 0 Å². The maximum Gasteiger partial charge on any atom is 0.280 e. The van der Waals surface area contributed by atoms with Gasteiger partial charge in [0.15, 0.2) is 5.69 Å². The second kappa shape index (κ2) is 6.69. The molecule has 1 unspecified atom stereocenters. The van der Waals surface area contributed by atoms with E-state index in [2.05, 4.69) is 50.1 Å². The third kappa shape index (κ3) is 2.95. The minimum Gasteiger partial charge on any atom is -0.295 e. The van der Waals surface area contributed by atoms with Crippen LogP contribution < -0.4 is 4.90 Å². The fraction of sp³-hybridized carbons (Fsp3) is 0.304. The molecule has 138 valence electrons. The first kappa shape index (κ1) is 17.5. The van der Waals surface area contributed by atoms with Gasteiger partial charge in [-0.2, -0.15) is 5.10 Å². The van der Waals surface area contributed by atoms with E-state index in [4.69, 9.17) is 0 Å². The Balaban J connectivity index is 1.92. The molecule has 4 rings (SSSR count). The van der Waals surface area contributed by atoms with Gasteiger partial charge in [0.1, 0.15) is 0 Å². The molecule has 3 aromatic rings. The summed E-state index contributed by atoms with van der Waals surface area (Å²) in [6, 6.07) is 18.2. The number of para-hydroxylation sites is 1. The van der Waals surface area contributed by atoms with Crippen LogP contribution >= 0.6 is 0 Å². The molecule has 0 spiro atoms. The van der Waals surface area contributed by atoms with Gasteiger partial charge in [0, 0.05) is 24.0 Å². The van der Waals surface area contributed by atoms with Crippen LogP contribution in [0.25, 0.3) is 0 Å². The van der Waals surface area contributed by atoms with Gasteiger partial charge in [0.2, 0.25) is 0 Å². The van der Waals surface area contributed by atoms with E-state index in [0.29, 0.717) is 11.6 Å². The fourth-order valence-electron chi connectivity index (χ4n) is 3.93. The van der Waals surface area contributed by atoms with E-state index in [1.54, 1.807) is 0 Å². The highest BCUT2D eigenvalue weighted by atomic mass is 16.2. The lowest BCUT2D eigenvalue weighted by molar-refractivity contribution is 0.0988. The Morgan fingerprint density at radius 3 is 2.33 bits per heavy atom. The zero-order valence-electron chi connectivity index (χ0n) is 16.3. The standard InChI is InChI=1S/C23H25N3O/c1-15(2)14-19-20-21(24-25(19)4)23(27)26(18-8-6-5-7-9-18)22(20)17-12-10-16(3)11-13-17/h5-13,15,22H,14H2,1-4H3. The molecule has 0 radical (unpaired) electrons. The molecule has 1 aromatic heterocycles. The van der Waals surface area contributed by atoms with E-state index in [0.717, 1.165) is 28.9 Å². The first-order valence-electron chi connectivity index (χ1n) is 9.48. The van der Waals surface area contributed by atoms with Crippen LogP contribution in [0, 0.1) is 12.8 Å². The summed E-state index contributed by atoms with van der Waals surface area (Å²) in [6.45, 7) is 6.48. The van der Waals surface area contributed by atoms with Crippen LogP contribution in [0.4, 0.5) is 5.69 Å². The van der Waals surface area contributed by atoms with Crippen LogP contribution in [-0.4, -0.2) is 15.7 Å². The number of aromatic nitrogens is 2. The van der Waals surface area contributed by atoms with Gasteiger partial charge in [-0.3, -0.25) is 14.4 Å². The molecule has 1 aliphatic rings. The summed E-state index contributed by atoms with van der Waals surface area (Å²) in [5.41, 5.74) is 6.03. The second-order valence-corrected chi connectivity index (χ2v) is 7.75. The molecule has 0 aliphatic carbocycles. The zero-order valence-corrected chi connectivity index (χ0v) is 16.3. The van der Waals surface area contributed by atoms with Crippen LogP contribution in [0.1, 0.15) is 52.8 Å². The molecule has 1 aliphatic heterocycles. The highest BCUT2D eigenvalue weighted by Crippen LogP contribution is 2.43. The van der Waals surface area contributed by atoms with Crippen molar-refractivity contribution in [1.82, 2.24) is 9.78 Å². The van der Waals surface area contributed by atoms with E-state index in [-0.39, 0.29) is 11.9 Å². The summed E-state index contributed by atoms with van der Waals surface area (Å²) in [6.07, 6.45) is 0.900. The summed E-state index contributed by atoms with van der Waals surface area (Å²) >= 11 is 0. The summed E-state index contributed by atoms with van der Waals surface area (Å²) in [4.78, 5) is 15.2. The molecule has 27 heavy (non-hydrogen) atoms. The summed E-state index contributed by atoms with van der Waals surface area (Å²) in [5.74, 6) is 0.469. The van der Waals surface area contributed by atoms with Crippen LogP contribution in [-0.2, 0) is 13.5 Å². The molecule has 4 heteroatoms. The number of fused-ring (bicyclic) bond motifs is 1. The SMILES string of the molecule is Cc1ccc(C2c3c(nn(C)c3CC(C)C)C(=O)N2c2ccccc2)cc1. The lowest BCUT2D eigenvalue weighted by Gasteiger charge is -2.27. The van der Waals surface area contributed by atoms with Gasteiger partial charge >= 0.3 is 0 Å². The van der Waals surface area contributed by atoms with Gasteiger partial charge in [-0.1, -0.05) is 61.9 Å². The Kier molecular flexibility index (Phi) is 4.34. The number of carbonyl (C=O) groups is 1. The molecule has 0 N–H and O–H groups in total. The molecular formula is C23H25N3O. The maximum absolute atomic E-state index is 13.3.